The number of carboxylic acids is 1. The maximum absolute atomic E-state index is 12.0. The Balaban J connectivity index is 2.22. The van der Waals surface area contributed by atoms with E-state index in [1.807, 2.05) is 0 Å². The van der Waals surface area contributed by atoms with E-state index in [9.17, 15) is 9.59 Å². The molecule has 1 heterocycles. The second kappa shape index (κ2) is 4.01. The summed E-state index contributed by atoms with van der Waals surface area (Å²) in [5.74, 6) is -0.969. The number of nitrogens with one attached hydrogen (secondary N) is 1. The molecule has 1 fully saturated rings. The van der Waals surface area contributed by atoms with Crippen LogP contribution in [0.15, 0.2) is 23.0 Å². The first-order valence-corrected chi connectivity index (χ1v) is 6.14. The molecule has 2 aromatic rings. The molecule has 0 saturated heterocycles. The smallest absolute Gasteiger partial charge is 0.335 e. The molecule has 2 N–H and O–H groups in total. The molecule has 0 aliphatic heterocycles. The van der Waals surface area contributed by atoms with Gasteiger partial charge in [0, 0.05) is 6.04 Å². The molecule has 5 heteroatoms. The molecular weight excluding hydrogens is 232 g/mol. The van der Waals surface area contributed by atoms with Gasteiger partial charge in [-0.15, -0.1) is 0 Å². The molecule has 5 nitrogen and oxygen atoms in total. The van der Waals surface area contributed by atoms with Crippen LogP contribution in [0, 0.1) is 0 Å². The van der Waals surface area contributed by atoms with Crippen LogP contribution in [0.5, 0.6) is 0 Å². The highest BCUT2D eigenvalue weighted by molar-refractivity contribution is 5.92. The maximum atomic E-state index is 12.0. The monoisotopic (exact) mass is 246 g/mol. The van der Waals surface area contributed by atoms with Crippen molar-refractivity contribution in [2.75, 3.05) is 0 Å². The number of aromatic carboxylic acids is 1. The number of aromatic amines is 1. The van der Waals surface area contributed by atoms with Gasteiger partial charge in [0.15, 0.2) is 0 Å². The zero-order chi connectivity index (χ0) is 12.7. The van der Waals surface area contributed by atoms with Crippen molar-refractivity contribution in [2.24, 2.45) is 0 Å². The summed E-state index contributed by atoms with van der Waals surface area (Å²) in [5, 5.41) is 9.01. The summed E-state index contributed by atoms with van der Waals surface area (Å²) >= 11 is 0. The molecule has 0 unspecified atom stereocenters. The summed E-state index contributed by atoms with van der Waals surface area (Å²) in [6.07, 6.45) is 4.24. The van der Waals surface area contributed by atoms with Crippen LogP contribution in [-0.2, 0) is 0 Å². The normalized spacial score (nSPS) is 16.4. The van der Waals surface area contributed by atoms with Crippen LogP contribution in [-0.4, -0.2) is 20.6 Å². The predicted molar refractivity (Wildman–Crippen MR) is 67.0 cm³/mol. The summed E-state index contributed by atoms with van der Waals surface area (Å²) in [6, 6.07) is 4.95. The quantitative estimate of drug-likeness (QED) is 0.852. The topological polar surface area (TPSA) is 75.1 Å². The van der Waals surface area contributed by atoms with Gasteiger partial charge in [0.2, 0.25) is 0 Å². The van der Waals surface area contributed by atoms with Gasteiger partial charge in [-0.1, -0.05) is 12.8 Å². The summed E-state index contributed by atoms with van der Waals surface area (Å²) in [6.45, 7) is 0. The van der Waals surface area contributed by atoms with Crippen molar-refractivity contribution in [3.63, 3.8) is 0 Å². The average molecular weight is 246 g/mol. The second-order valence-electron chi connectivity index (χ2n) is 4.78. The molecule has 18 heavy (non-hydrogen) atoms. The highest BCUT2D eigenvalue weighted by Gasteiger charge is 2.21. The fourth-order valence-electron chi connectivity index (χ4n) is 2.78. The minimum atomic E-state index is -0.969. The Labute approximate surface area is 103 Å². The van der Waals surface area contributed by atoms with Gasteiger partial charge in [-0.2, -0.15) is 0 Å². The molecule has 0 spiro atoms. The van der Waals surface area contributed by atoms with E-state index < -0.39 is 5.97 Å². The lowest BCUT2D eigenvalue weighted by atomic mass is 10.2. The molecule has 1 aliphatic rings. The summed E-state index contributed by atoms with van der Waals surface area (Å²) in [7, 11) is 0. The van der Waals surface area contributed by atoms with Crippen molar-refractivity contribution in [1.29, 1.82) is 0 Å². The lowest BCUT2D eigenvalue weighted by Crippen LogP contribution is -2.20. The van der Waals surface area contributed by atoms with E-state index in [4.69, 9.17) is 5.11 Å². The lowest BCUT2D eigenvalue weighted by molar-refractivity contribution is 0.0697. The van der Waals surface area contributed by atoms with Crippen LogP contribution in [0.25, 0.3) is 11.0 Å². The Bertz CT molecular complexity index is 662. The fraction of sp³-hybridized carbons (Fsp3) is 0.385. The SMILES string of the molecule is O=C(O)c1ccc2[nH]c(=O)n(C3CCCC3)c2c1. The summed E-state index contributed by atoms with van der Waals surface area (Å²) in [4.78, 5) is 25.7. The number of benzene rings is 1. The van der Waals surface area contributed by atoms with Crippen LogP contribution in [0.2, 0.25) is 0 Å². The minimum absolute atomic E-state index is 0.139. The number of nitrogens with zero attached hydrogens (tertiary/aromatic N) is 1. The van der Waals surface area contributed by atoms with Gasteiger partial charge in [-0.3, -0.25) is 4.57 Å². The Morgan fingerprint density at radius 1 is 1.33 bits per heavy atom. The van der Waals surface area contributed by atoms with E-state index in [2.05, 4.69) is 4.98 Å². The Kier molecular flexibility index (Phi) is 2.47. The maximum Gasteiger partial charge on any atom is 0.335 e. The molecule has 1 saturated carbocycles. The Morgan fingerprint density at radius 2 is 2.06 bits per heavy atom. The first-order valence-electron chi connectivity index (χ1n) is 6.14. The van der Waals surface area contributed by atoms with Crippen molar-refractivity contribution in [2.45, 2.75) is 31.7 Å². The Hall–Kier alpha value is -2.04. The fourth-order valence-corrected chi connectivity index (χ4v) is 2.78. The first-order chi connectivity index (χ1) is 8.66. The zero-order valence-corrected chi connectivity index (χ0v) is 9.85. The molecule has 1 aromatic heterocycles. The first kappa shape index (κ1) is 11.1. The largest absolute Gasteiger partial charge is 0.478 e. The van der Waals surface area contributed by atoms with E-state index in [1.165, 1.54) is 6.07 Å². The highest BCUT2D eigenvalue weighted by atomic mass is 16.4. The molecule has 3 rings (SSSR count). The summed E-state index contributed by atoms with van der Waals surface area (Å²) in [5.41, 5.74) is 1.48. The van der Waals surface area contributed by atoms with Crippen LogP contribution < -0.4 is 5.69 Å². The number of rotatable bonds is 2. The lowest BCUT2D eigenvalue weighted by Gasteiger charge is -2.11. The molecule has 0 atom stereocenters. The molecule has 1 aliphatic carbocycles. The third-order valence-electron chi connectivity index (χ3n) is 3.65. The van der Waals surface area contributed by atoms with Gasteiger partial charge >= 0.3 is 11.7 Å². The molecule has 0 radical (unpaired) electrons. The predicted octanol–water partition coefficient (Wildman–Crippen LogP) is 2.14. The molecule has 94 valence electrons. The number of carboxylic acid groups (broad SMARTS) is 1. The van der Waals surface area contributed by atoms with Gasteiger partial charge in [0.1, 0.15) is 0 Å². The highest BCUT2D eigenvalue weighted by Crippen LogP contribution is 2.30. The van der Waals surface area contributed by atoms with E-state index in [1.54, 1.807) is 16.7 Å². The number of H-pyrrole nitrogens is 1. The number of carbonyl (C=O) groups is 1. The zero-order valence-electron chi connectivity index (χ0n) is 9.85. The number of hydrogen-bond acceptors (Lipinski definition) is 2. The van der Waals surface area contributed by atoms with Crippen LogP contribution in [0.1, 0.15) is 42.1 Å². The van der Waals surface area contributed by atoms with Crippen molar-refractivity contribution in [3.05, 3.63) is 34.2 Å². The van der Waals surface area contributed by atoms with E-state index in [0.717, 1.165) is 25.7 Å². The van der Waals surface area contributed by atoms with Crippen LogP contribution in [0.3, 0.4) is 0 Å². The van der Waals surface area contributed by atoms with Gasteiger partial charge in [-0.05, 0) is 31.0 Å². The molecule has 0 amide bonds. The van der Waals surface area contributed by atoms with E-state index in [-0.39, 0.29) is 17.3 Å². The molecular formula is C13H14N2O3. The number of hydrogen-bond donors (Lipinski definition) is 2. The summed E-state index contributed by atoms with van der Waals surface area (Å²) < 4.78 is 1.72. The van der Waals surface area contributed by atoms with Crippen LogP contribution >= 0.6 is 0 Å². The van der Waals surface area contributed by atoms with Crippen molar-refractivity contribution in [3.8, 4) is 0 Å². The van der Waals surface area contributed by atoms with Crippen molar-refractivity contribution < 1.29 is 9.90 Å². The average Bonchev–Trinajstić information content (AvgIpc) is 2.93. The number of fused-ring (bicyclic) bond motifs is 1. The van der Waals surface area contributed by atoms with Crippen LogP contribution in [0.4, 0.5) is 0 Å². The van der Waals surface area contributed by atoms with E-state index in [0.29, 0.717) is 11.0 Å². The van der Waals surface area contributed by atoms with Crippen molar-refractivity contribution in [1.82, 2.24) is 9.55 Å². The second-order valence-corrected chi connectivity index (χ2v) is 4.78. The third-order valence-corrected chi connectivity index (χ3v) is 3.65. The Morgan fingerprint density at radius 3 is 2.72 bits per heavy atom. The van der Waals surface area contributed by atoms with Crippen molar-refractivity contribution >= 4 is 17.0 Å². The standard InChI is InChI=1S/C13H14N2O3/c16-12(17)8-5-6-10-11(7-8)15(13(18)14-10)9-3-1-2-4-9/h5-7,9H,1-4H2,(H,14,18)(H,16,17). The molecule has 1 aromatic carbocycles. The minimum Gasteiger partial charge on any atom is -0.478 e. The van der Waals surface area contributed by atoms with Gasteiger partial charge in [0.25, 0.3) is 0 Å². The number of aromatic nitrogens is 2. The van der Waals surface area contributed by atoms with Gasteiger partial charge in [-0.25, -0.2) is 9.59 Å². The molecule has 0 bridgehead atoms. The third kappa shape index (κ3) is 1.63. The van der Waals surface area contributed by atoms with Gasteiger partial charge < -0.3 is 10.1 Å². The van der Waals surface area contributed by atoms with Gasteiger partial charge in [0.05, 0.1) is 16.6 Å². The number of imidazole rings is 1. The van der Waals surface area contributed by atoms with E-state index >= 15 is 0 Å².